The molecule has 33 heavy (non-hydrogen) atoms. The van der Waals surface area contributed by atoms with Gasteiger partial charge in [-0.3, -0.25) is 10.1 Å². The van der Waals surface area contributed by atoms with Crippen molar-refractivity contribution >= 4 is 22.4 Å². The van der Waals surface area contributed by atoms with E-state index in [0.29, 0.717) is 22.2 Å². The fourth-order valence-electron chi connectivity index (χ4n) is 3.71. The Balaban J connectivity index is 1.63. The number of aromatic nitrogens is 1. The van der Waals surface area contributed by atoms with Crippen molar-refractivity contribution in [2.45, 2.75) is 19.8 Å². The van der Waals surface area contributed by atoms with E-state index in [1.807, 2.05) is 18.2 Å². The zero-order valence-electron chi connectivity index (χ0n) is 18.9. The van der Waals surface area contributed by atoms with E-state index >= 15 is 0 Å². The van der Waals surface area contributed by atoms with Crippen molar-refractivity contribution in [3.8, 4) is 33.9 Å². The fraction of sp³-hybridized carbons (Fsp3) is 0.185. The predicted molar refractivity (Wildman–Crippen MR) is 134 cm³/mol. The number of aryl methyl sites for hydroxylation is 1. The van der Waals surface area contributed by atoms with Gasteiger partial charge in [0, 0.05) is 10.4 Å². The molecule has 0 fully saturated rings. The van der Waals surface area contributed by atoms with Gasteiger partial charge in [0.25, 0.3) is 5.91 Å². The quantitative estimate of drug-likeness (QED) is 0.319. The highest BCUT2D eigenvalue weighted by molar-refractivity contribution is 7.16. The number of nitrogens with zero attached hydrogens (tertiary/aromatic N) is 1. The van der Waals surface area contributed by atoms with Crippen LogP contribution in [0, 0.1) is 0 Å². The van der Waals surface area contributed by atoms with E-state index < -0.39 is 0 Å². The topological polar surface area (TPSA) is 60.5 Å². The van der Waals surface area contributed by atoms with Gasteiger partial charge in [-0.2, -0.15) is 0 Å². The van der Waals surface area contributed by atoms with Crippen molar-refractivity contribution < 1.29 is 14.3 Å². The molecule has 0 radical (unpaired) electrons. The van der Waals surface area contributed by atoms with Crippen LogP contribution in [-0.4, -0.2) is 25.1 Å². The number of anilines is 1. The second-order valence-electron chi connectivity index (χ2n) is 7.48. The Bertz CT molecular complexity index is 1210. The second kappa shape index (κ2) is 10.3. The summed E-state index contributed by atoms with van der Waals surface area (Å²) in [5.74, 6) is 0.592. The van der Waals surface area contributed by atoms with E-state index in [1.54, 1.807) is 18.2 Å². The Morgan fingerprint density at radius 3 is 2.06 bits per heavy atom. The fourth-order valence-corrected chi connectivity index (χ4v) is 4.79. The highest BCUT2D eigenvalue weighted by atomic mass is 32.1. The van der Waals surface area contributed by atoms with E-state index in [4.69, 9.17) is 14.5 Å². The molecular weight excluding hydrogens is 432 g/mol. The van der Waals surface area contributed by atoms with Crippen molar-refractivity contribution in [3.63, 3.8) is 0 Å². The van der Waals surface area contributed by atoms with Crippen molar-refractivity contribution in [1.29, 1.82) is 0 Å². The van der Waals surface area contributed by atoms with Crippen LogP contribution in [0.4, 0.5) is 5.13 Å². The average Bonchev–Trinajstić information content (AvgIpc) is 3.26. The van der Waals surface area contributed by atoms with Crippen LogP contribution < -0.4 is 14.8 Å². The smallest absolute Gasteiger partial charge is 0.265 e. The largest absolute Gasteiger partial charge is 0.496 e. The number of methoxy groups -OCH3 is 2. The number of nitrogens with one attached hydrogen (secondary N) is 1. The number of ether oxygens (including phenoxy) is 2. The van der Waals surface area contributed by atoms with Crippen LogP contribution in [0.5, 0.6) is 11.5 Å². The molecule has 6 heteroatoms. The molecule has 0 aliphatic rings. The molecule has 0 aliphatic heterocycles. The van der Waals surface area contributed by atoms with Gasteiger partial charge in [0.15, 0.2) is 5.13 Å². The molecular formula is C27H26N2O3S. The van der Waals surface area contributed by atoms with Crippen LogP contribution in [0.3, 0.4) is 0 Å². The minimum absolute atomic E-state index is 0.313. The van der Waals surface area contributed by atoms with Gasteiger partial charge in [-0.15, -0.1) is 11.3 Å². The minimum atomic E-state index is -0.313. The number of amides is 1. The van der Waals surface area contributed by atoms with E-state index in [9.17, 15) is 4.79 Å². The number of thiazole rings is 1. The van der Waals surface area contributed by atoms with Crippen molar-refractivity contribution in [1.82, 2.24) is 4.98 Å². The monoisotopic (exact) mass is 458 g/mol. The van der Waals surface area contributed by atoms with E-state index in [2.05, 4.69) is 48.6 Å². The molecule has 1 heterocycles. The summed E-state index contributed by atoms with van der Waals surface area (Å²) in [5.41, 5.74) is 4.62. The van der Waals surface area contributed by atoms with Crippen molar-refractivity contribution in [2.75, 3.05) is 19.5 Å². The van der Waals surface area contributed by atoms with E-state index in [-0.39, 0.29) is 5.91 Å². The van der Waals surface area contributed by atoms with Crippen LogP contribution in [0.1, 0.15) is 28.6 Å². The average molecular weight is 459 g/mol. The second-order valence-corrected chi connectivity index (χ2v) is 8.56. The Kier molecular flexibility index (Phi) is 7.05. The Labute approximate surface area is 198 Å². The third-order valence-electron chi connectivity index (χ3n) is 5.32. The molecule has 0 unspecified atom stereocenters. The van der Waals surface area contributed by atoms with Gasteiger partial charge in [0.05, 0.1) is 19.9 Å². The maximum absolute atomic E-state index is 13.1. The molecule has 1 N–H and O–H groups in total. The first-order chi connectivity index (χ1) is 16.1. The van der Waals surface area contributed by atoms with E-state index in [1.165, 1.54) is 31.1 Å². The molecule has 3 aromatic carbocycles. The zero-order valence-corrected chi connectivity index (χ0v) is 19.7. The van der Waals surface area contributed by atoms with Crippen LogP contribution in [0.15, 0.2) is 72.8 Å². The molecule has 0 saturated heterocycles. The molecule has 4 rings (SSSR count). The summed E-state index contributed by atoms with van der Waals surface area (Å²) in [6, 6.07) is 23.9. The maximum Gasteiger partial charge on any atom is 0.265 e. The minimum Gasteiger partial charge on any atom is -0.496 e. The van der Waals surface area contributed by atoms with Crippen LogP contribution in [0.2, 0.25) is 0 Å². The normalized spacial score (nSPS) is 10.6. The summed E-state index contributed by atoms with van der Waals surface area (Å²) in [7, 11) is 3.07. The highest BCUT2D eigenvalue weighted by Crippen LogP contribution is 2.35. The number of carbonyl (C=O) groups is 1. The Morgan fingerprint density at radius 1 is 0.848 bits per heavy atom. The first kappa shape index (κ1) is 22.6. The van der Waals surface area contributed by atoms with Crippen LogP contribution >= 0.6 is 11.3 Å². The molecule has 0 bridgehead atoms. The van der Waals surface area contributed by atoms with Crippen molar-refractivity contribution in [3.05, 3.63) is 83.2 Å². The Morgan fingerprint density at radius 2 is 1.45 bits per heavy atom. The van der Waals surface area contributed by atoms with E-state index in [0.717, 1.165) is 34.5 Å². The summed E-state index contributed by atoms with van der Waals surface area (Å²) in [6.07, 6.45) is 1.88. The summed E-state index contributed by atoms with van der Waals surface area (Å²) < 4.78 is 10.7. The number of hydrogen-bond donors (Lipinski definition) is 1. The SMILES string of the molecule is CCCc1sc(NC(=O)c2c(OC)cccc2OC)nc1-c1ccc(-c2ccccc2)cc1. The van der Waals surface area contributed by atoms with Crippen LogP contribution in [-0.2, 0) is 6.42 Å². The van der Waals surface area contributed by atoms with Gasteiger partial charge >= 0.3 is 0 Å². The molecule has 0 spiro atoms. The lowest BCUT2D eigenvalue weighted by Crippen LogP contribution is -2.14. The lowest BCUT2D eigenvalue weighted by atomic mass is 10.0. The van der Waals surface area contributed by atoms with Crippen molar-refractivity contribution in [2.24, 2.45) is 0 Å². The van der Waals surface area contributed by atoms with Gasteiger partial charge in [-0.05, 0) is 29.7 Å². The van der Waals surface area contributed by atoms with Gasteiger partial charge in [0.2, 0.25) is 0 Å². The standard InChI is InChI=1S/C27H26N2O3S/c1-4-9-23-25(20-16-14-19(15-17-20)18-10-6-5-7-11-18)28-27(33-23)29-26(30)24-21(31-2)12-8-13-22(24)32-3/h5-8,10-17H,4,9H2,1-3H3,(H,28,29,30). The number of rotatable bonds is 8. The molecule has 0 atom stereocenters. The first-order valence-electron chi connectivity index (χ1n) is 10.8. The number of benzene rings is 3. The van der Waals surface area contributed by atoms with Gasteiger partial charge in [0.1, 0.15) is 17.1 Å². The van der Waals surface area contributed by atoms with Gasteiger partial charge in [-0.25, -0.2) is 4.98 Å². The molecule has 168 valence electrons. The highest BCUT2D eigenvalue weighted by Gasteiger charge is 2.21. The lowest BCUT2D eigenvalue weighted by molar-refractivity contribution is 0.102. The molecule has 1 aromatic heterocycles. The molecule has 1 amide bonds. The summed E-state index contributed by atoms with van der Waals surface area (Å²) in [6.45, 7) is 2.14. The summed E-state index contributed by atoms with van der Waals surface area (Å²) >= 11 is 1.50. The van der Waals surface area contributed by atoms with Gasteiger partial charge < -0.3 is 9.47 Å². The third-order valence-corrected chi connectivity index (χ3v) is 6.35. The van der Waals surface area contributed by atoms with Gasteiger partial charge in [-0.1, -0.05) is 74.0 Å². The molecule has 0 saturated carbocycles. The first-order valence-corrected chi connectivity index (χ1v) is 11.6. The summed E-state index contributed by atoms with van der Waals surface area (Å²) in [4.78, 5) is 19.0. The Hall–Kier alpha value is -3.64. The lowest BCUT2D eigenvalue weighted by Gasteiger charge is -2.11. The zero-order chi connectivity index (χ0) is 23.2. The summed E-state index contributed by atoms with van der Waals surface area (Å²) in [5, 5.41) is 3.50. The molecule has 4 aromatic rings. The predicted octanol–water partition coefficient (Wildman–Crippen LogP) is 6.70. The third kappa shape index (κ3) is 4.91. The number of carbonyl (C=O) groups excluding carboxylic acids is 1. The molecule has 0 aliphatic carbocycles. The number of hydrogen-bond acceptors (Lipinski definition) is 5. The molecule has 5 nitrogen and oxygen atoms in total. The maximum atomic E-state index is 13.1. The van der Waals surface area contributed by atoms with Crippen LogP contribution in [0.25, 0.3) is 22.4 Å².